The molecule has 216 valence electrons. The maximum absolute atomic E-state index is 13.4. The predicted molar refractivity (Wildman–Crippen MR) is 159 cm³/mol. The van der Waals surface area contributed by atoms with E-state index in [1.54, 1.807) is 24.3 Å². The first kappa shape index (κ1) is 28.2. The second kappa shape index (κ2) is 12.1. The topological polar surface area (TPSA) is 93.2 Å². The van der Waals surface area contributed by atoms with Crippen molar-refractivity contribution in [2.45, 2.75) is 25.3 Å². The number of rotatable bonds is 9. The number of hydrogen-bond acceptors (Lipinski definition) is 6. The number of imide groups is 1. The van der Waals surface area contributed by atoms with Gasteiger partial charge in [-0.1, -0.05) is 89.5 Å². The number of nitrogens with zero attached hydrogens (tertiary/aromatic N) is 2. The summed E-state index contributed by atoms with van der Waals surface area (Å²) in [7, 11) is 0. The van der Waals surface area contributed by atoms with Gasteiger partial charge in [-0.25, -0.2) is 9.59 Å². The van der Waals surface area contributed by atoms with Crippen LogP contribution in [0.1, 0.15) is 56.2 Å². The lowest BCUT2D eigenvalue weighted by Crippen LogP contribution is -2.34. The van der Waals surface area contributed by atoms with Gasteiger partial charge in [-0.05, 0) is 58.5 Å². The van der Waals surface area contributed by atoms with Gasteiger partial charge in [0.05, 0.1) is 11.1 Å². The van der Waals surface area contributed by atoms with Crippen molar-refractivity contribution in [1.29, 1.82) is 0 Å². The van der Waals surface area contributed by atoms with Crippen molar-refractivity contribution >= 4 is 35.5 Å². The summed E-state index contributed by atoms with van der Waals surface area (Å²) < 4.78 is 5.87. The zero-order chi connectivity index (χ0) is 29.9. The van der Waals surface area contributed by atoms with Gasteiger partial charge in [0.15, 0.2) is 0 Å². The molecule has 0 aromatic heterocycles. The van der Waals surface area contributed by atoms with Crippen LogP contribution >= 0.6 is 11.6 Å². The number of amides is 3. The predicted octanol–water partition coefficient (Wildman–Crippen LogP) is 6.63. The zero-order valence-corrected chi connectivity index (χ0v) is 23.8. The summed E-state index contributed by atoms with van der Waals surface area (Å²) in [5, 5.41) is 1.07. The summed E-state index contributed by atoms with van der Waals surface area (Å²) in [5.41, 5.74) is 5.69. The average molecular weight is 595 g/mol. The Balaban J connectivity index is 1.10. The van der Waals surface area contributed by atoms with Crippen LogP contribution in [0, 0.1) is 0 Å². The molecule has 0 fully saturated rings. The van der Waals surface area contributed by atoms with Crippen LogP contribution in [0.4, 0.5) is 4.79 Å². The first-order valence-electron chi connectivity index (χ1n) is 13.9. The highest BCUT2D eigenvalue weighted by Crippen LogP contribution is 2.44. The molecule has 0 saturated carbocycles. The molecule has 4 aromatic rings. The summed E-state index contributed by atoms with van der Waals surface area (Å²) in [6.07, 6.45) is -0.424. The van der Waals surface area contributed by atoms with Gasteiger partial charge in [0.1, 0.15) is 6.61 Å². The molecular weight excluding hydrogens is 568 g/mol. The Morgan fingerprint density at radius 1 is 0.744 bits per heavy atom. The monoisotopic (exact) mass is 594 g/mol. The molecule has 3 amide bonds. The SMILES string of the molecule is O=C(CCCN(Cc1ccc(Cl)cc1)C(=O)OCC1c2ccccc2-c2ccccc21)ON1C(=O)c2ccccc2C1=O. The molecule has 0 unspecified atom stereocenters. The third kappa shape index (κ3) is 5.74. The van der Waals surface area contributed by atoms with E-state index in [-0.39, 0.29) is 49.6 Å². The van der Waals surface area contributed by atoms with Crippen LogP contribution in [-0.4, -0.2) is 47.0 Å². The van der Waals surface area contributed by atoms with E-state index < -0.39 is 23.9 Å². The van der Waals surface area contributed by atoms with Crippen LogP contribution in [0.15, 0.2) is 97.1 Å². The van der Waals surface area contributed by atoms with Gasteiger partial charge in [-0.2, -0.15) is 0 Å². The van der Waals surface area contributed by atoms with Crippen molar-refractivity contribution in [3.8, 4) is 11.1 Å². The molecule has 43 heavy (non-hydrogen) atoms. The molecule has 9 heteroatoms. The molecule has 0 N–H and O–H groups in total. The molecule has 8 nitrogen and oxygen atoms in total. The second-order valence-electron chi connectivity index (χ2n) is 10.4. The number of ether oxygens (including phenoxy) is 1. The smallest absolute Gasteiger partial charge is 0.410 e. The van der Waals surface area contributed by atoms with Gasteiger partial charge in [-0.3, -0.25) is 9.59 Å². The fourth-order valence-corrected chi connectivity index (χ4v) is 5.67. The summed E-state index contributed by atoms with van der Waals surface area (Å²) in [6.45, 7) is 0.573. The molecule has 1 aliphatic carbocycles. The van der Waals surface area contributed by atoms with Gasteiger partial charge < -0.3 is 14.5 Å². The third-order valence-corrected chi connectivity index (χ3v) is 7.89. The third-order valence-electron chi connectivity index (χ3n) is 7.64. The number of carbonyl (C=O) groups is 4. The highest BCUT2D eigenvalue weighted by atomic mass is 35.5. The van der Waals surface area contributed by atoms with Crippen molar-refractivity contribution in [3.63, 3.8) is 0 Å². The van der Waals surface area contributed by atoms with Crippen LogP contribution in [0.5, 0.6) is 0 Å². The Morgan fingerprint density at radius 2 is 1.28 bits per heavy atom. The molecule has 6 rings (SSSR count). The van der Waals surface area contributed by atoms with Gasteiger partial charge in [0.25, 0.3) is 11.8 Å². The maximum Gasteiger partial charge on any atom is 0.410 e. The standard InChI is InChI=1S/C34H27ClN2O6/c35-23-17-15-22(16-18-23)20-36(19-7-14-31(38)43-37-32(39)28-12-5-6-13-29(28)33(37)40)34(41)42-21-30-26-10-3-1-8-24(26)25-9-2-4-11-27(25)30/h1-6,8-13,15-18,30H,7,14,19-21H2. The Morgan fingerprint density at radius 3 is 1.86 bits per heavy atom. The lowest BCUT2D eigenvalue weighted by atomic mass is 9.98. The van der Waals surface area contributed by atoms with Crippen LogP contribution in [0.25, 0.3) is 11.1 Å². The molecule has 2 aliphatic rings. The molecule has 0 spiro atoms. The maximum atomic E-state index is 13.4. The summed E-state index contributed by atoms with van der Waals surface area (Å²) in [4.78, 5) is 57.7. The minimum absolute atomic E-state index is 0.0941. The van der Waals surface area contributed by atoms with Crippen molar-refractivity contribution in [2.75, 3.05) is 13.2 Å². The minimum atomic E-state index is -0.756. The van der Waals surface area contributed by atoms with Crippen LogP contribution in [-0.2, 0) is 20.9 Å². The van der Waals surface area contributed by atoms with E-state index in [0.717, 1.165) is 27.8 Å². The Labute approximate surface area is 253 Å². The van der Waals surface area contributed by atoms with E-state index in [0.29, 0.717) is 10.1 Å². The molecule has 4 aromatic carbocycles. The Bertz CT molecular complexity index is 1640. The fraction of sp³-hybridized carbons (Fsp3) is 0.176. The fourth-order valence-electron chi connectivity index (χ4n) is 5.54. The molecule has 0 saturated heterocycles. The number of benzene rings is 4. The first-order chi connectivity index (χ1) is 20.9. The van der Waals surface area contributed by atoms with Gasteiger partial charge in [0.2, 0.25) is 0 Å². The second-order valence-corrected chi connectivity index (χ2v) is 10.8. The van der Waals surface area contributed by atoms with E-state index in [4.69, 9.17) is 21.2 Å². The summed E-state index contributed by atoms with van der Waals surface area (Å²) in [6, 6.07) is 29.6. The largest absolute Gasteiger partial charge is 0.448 e. The van der Waals surface area contributed by atoms with Crippen molar-refractivity contribution in [3.05, 3.63) is 130 Å². The lowest BCUT2D eigenvalue weighted by molar-refractivity contribution is -0.168. The molecular formula is C34H27ClN2O6. The lowest BCUT2D eigenvalue weighted by Gasteiger charge is -2.24. The number of hydrogen-bond donors (Lipinski definition) is 0. The van der Waals surface area contributed by atoms with Crippen LogP contribution in [0.3, 0.4) is 0 Å². The van der Waals surface area contributed by atoms with E-state index in [2.05, 4.69) is 24.3 Å². The Kier molecular flexibility index (Phi) is 7.94. The van der Waals surface area contributed by atoms with Gasteiger partial charge in [0, 0.05) is 30.5 Å². The normalized spacial score (nSPS) is 13.4. The number of halogens is 1. The van der Waals surface area contributed by atoms with Gasteiger partial charge >= 0.3 is 12.1 Å². The first-order valence-corrected chi connectivity index (χ1v) is 14.3. The summed E-state index contributed by atoms with van der Waals surface area (Å²) >= 11 is 6.05. The zero-order valence-electron chi connectivity index (χ0n) is 23.1. The van der Waals surface area contributed by atoms with E-state index >= 15 is 0 Å². The van der Waals surface area contributed by atoms with Crippen LogP contribution < -0.4 is 0 Å². The number of hydroxylamine groups is 2. The molecule has 1 heterocycles. The van der Waals surface area contributed by atoms with E-state index in [1.807, 2.05) is 36.4 Å². The van der Waals surface area contributed by atoms with Crippen molar-refractivity contribution in [1.82, 2.24) is 9.96 Å². The molecule has 0 bridgehead atoms. The van der Waals surface area contributed by atoms with E-state index in [1.165, 1.54) is 17.0 Å². The Hall–Kier alpha value is -4.95. The number of carbonyl (C=O) groups excluding carboxylic acids is 4. The molecule has 1 aliphatic heterocycles. The highest BCUT2D eigenvalue weighted by molar-refractivity contribution is 6.30. The van der Waals surface area contributed by atoms with Gasteiger partial charge in [-0.15, -0.1) is 0 Å². The molecule has 0 radical (unpaired) electrons. The summed E-state index contributed by atoms with van der Waals surface area (Å²) in [5.74, 6) is -2.22. The minimum Gasteiger partial charge on any atom is -0.448 e. The quantitative estimate of drug-likeness (QED) is 0.202. The van der Waals surface area contributed by atoms with Crippen molar-refractivity contribution < 1.29 is 28.8 Å². The molecule has 0 atom stereocenters. The number of fused-ring (bicyclic) bond motifs is 4. The highest BCUT2D eigenvalue weighted by Gasteiger charge is 2.38. The van der Waals surface area contributed by atoms with Crippen molar-refractivity contribution in [2.24, 2.45) is 0 Å². The van der Waals surface area contributed by atoms with E-state index in [9.17, 15) is 19.2 Å². The average Bonchev–Trinajstić information content (AvgIpc) is 3.47. The van der Waals surface area contributed by atoms with Crippen LogP contribution in [0.2, 0.25) is 5.02 Å².